The maximum absolute atomic E-state index is 13.4. The SMILES string of the molecule is COC(=O)[C@]12CC[C@@H](C)[C@H](C)[C@H]1C1=CC[C@H]3[C@@]4(C)CC(=O)COC[C@](C)(C(=O)O)C[C@H]4CC[C@@]3(C)[C@@H]1CC2. The smallest absolute Gasteiger partial charge is 0.312 e. The third-order valence-electron chi connectivity index (χ3n) is 12.7. The Hall–Kier alpha value is -1.69. The molecule has 1 aliphatic heterocycles. The number of ketones is 1. The van der Waals surface area contributed by atoms with Gasteiger partial charge in [0, 0.05) is 6.42 Å². The summed E-state index contributed by atoms with van der Waals surface area (Å²) in [5.41, 5.74) is -0.179. The van der Waals surface area contributed by atoms with Crippen molar-refractivity contribution in [3.63, 3.8) is 0 Å². The number of esters is 1. The average molecular weight is 529 g/mol. The lowest BCUT2D eigenvalue weighted by Crippen LogP contribution is -2.59. The van der Waals surface area contributed by atoms with Crippen LogP contribution in [0.1, 0.15) is 92.4 Å². The number of hydrogen-bond donors (Lipinski definition) is 1. The minimum absolute atomic E-state index is 0.00173. The van der Waals surface area contributed by atoms with Crippen molar-refractivity contribution in [2.75, 3.05) is 20.3 Å². The van der Waals surface area contributed by atoms with Crippen LogP contribution < -0.4 is 0 Å². The van der Waals surface area contributed by atoms with Crippen LogP contribution in [0, 0.1) is 57.2 Å². The first-order valence-corrected chi connectivity index (χ1v) is 14.9. The van der Waals surface area contributed by atoms with E-state index >= 15 is 0 Å². The number of ether oxygens (including phenoxy) is 2. The molecule has 1 N–H and O–H groups in total. The van der Waals surface area contributed by atoms with E-state index in [0.29, 0.717) is 36.5 Å². The molecule has 212 valence electrons. The molecule has 5 rings (SSSR count). The van der Waals surface area contributed by atoms with E-state index in [-0.39, 0.29) is 47.6 Å². The third-order valence-corrected chi connectivity index (χ3v) is 12.7. The van der Waals surface area contributed by atoms with Gasteiger partial charge in [-0.2, -0.15) is 0 Å². The van der Waals surface area contributed by atoms with Crippen LogP contribution in [0.4, 0.5) is 0 Å². The minimum Gasteiger partial charge on any atom is -0.481 e. The van der Waals surface area contributed by atoms with E-state index in [0.717, 1.165) is 44.9 Å². The second-order valence-corrected chi connectivity index (χ2v) is 14.6. The molecule has 38 heavy (non-hydrogen) atoms. The van der Waals surface area contributed by atoms with Gasteiger partial charge in [-0.1, -0.05) is 39.3 Å². The molecule has 0 spiro atoms. The number of rotatable bonds is 2. The second kappa shape index (κ2) is 9.45. The summed E-state index contributed by atoms with van der Waals surface area (Å²) in [6.45, 7) is 11.3. The van der Waals surface area contributed by atoms with Crippen LogP contribution in [0.2, 0.25) is 0 Å². The lowest BCUT2D eigenvalue weighted by Gasteiger charge is -2.65. The molecule has 4 fully saturated rings. The fourth-order valence-corrected chi connectivity index (χ4v) is 10.4. The molecule has 5 aliphatic rings. The van der Waals surface area contributed by atoms with Gasteiger partial charge in [-0.15, -0.1) is 0 Å². The van der Waals surface area contributed by atoms with Gasteiger partial charge in [0.2, 0.25) is 0 Å². The van der Waals surface area contributed by atoms with Gasteiger partial charge >= 0.3 is 11.9 Å². The van der Waals surface area contributed by atoms with Gasteiger partial charge in [0.25, 0.3) is 0 Å². The maximum atomic E-state index is 13.4. The zero-order valence-corrected chi connectivity index (χ0v) is 24.3. The summed E-state index contributed by atoms with van der Waals surface area (Å²) in [6.07, 6.45) is 10.1. The number of aliphatic carboxylic acids is 1. The molecule has 3 saturated carbocycles. The Morgan fingerprint density at radius 3 is 2.45 bits per heavy atom. The van der Waals surface area contributed by atoms with Crippen molar-refractivity contribution in [1.29, 1.82) is 0 Å². The number of hydrogen-bond acceptors (Lipinski definition) is 5. The number of carboxylic acid groups (broad SMARTS) is 1. The lowest BCUT2D eigenvalue weighted by molar-refractivity contribution is -0.170. The summed E-state index contributed by atoms with van der Waals surface area (Å²) >= 11 is 0. The monoisotopic (exact) mass is 528 g/mol. The fraction of sp³-hybridized carbons (Fsp3) is 0.844. The largest absolute Gasteiger partial charge is 0.481 e. The number of allylic oxidation sites excluding steroid dienone is 2. The molecule has 0 aromatic rings. The molecule has 0 unspecified atom stereocenters. The first kappa shape index (κ1) is 27.9. The van der Waals surface area contributed by atoms with Gasteiger partial charge in [-0.25, -0.2) is 0 Å². The molecule has 0 aromatic heterocycles. The van der Waals surface area contributed by atoms with Gasteiger partial charge in [0.15, 0.2) is 5.78 Å². The number of fused-ring (bicyclic) bond motifs is 7. The van der Waals surface area contributed by atoms with Gasteiger partial charge in [-0.05, 0) is 105 Å². The summed E-state index contributed by atoms with van der Waals surface area (Å²) in [7, 11) is 1.54. The molecule has 0 radical (unpaired) electrons. The minimum atomic E-state index is -0.988. The predicted octanol–water partition coefficient (Wildman–Crippen LogP) is 6.08. The maximum Gasteiger partial charge on any atom is 0.312 e. The summed E-state index contributed by atoms with van der Waals surface area (Å²) < 4.78 is 11.1. The molecule has 0 aromatic carbocycles. The van der Waals surface area contributed by atoms with Crippen molar-refractivity contribution in [3.05, 3.63) is 11.6 Å². The average Bonchev–Trinajstić information content (AvgIpc) is 2.91. The highest BCUT2D eigenvalue weighted by molar-refractivity contribution is 5.81. The van der Waals surface area contributed by atoms with E-state index in [1.807, 2.05) is 0 Å². The second-order valence-electron chi connectivity index (χ2n) is 14.6. The quantitative estimate of drug-likeness (QED) is 0.345. The molecule has 6 nitrogen and oxygen atoms in total. The zero-order chi connectivity index (χ0) is 27.7. The summed E-state index contributed by atoms with van der Waals surface area (Å²) in [5.74, 6) is 1.28. The van der Waals surface area contributed by atoms with E-state index in [2.05, 4.69) is 33.8 Å². The summed E-state index contributed by atoms with van der Waals surface area (Å²) in [5, 5.41) is 10.1. The third kappa shape index (κ3) is 3.94. The molecule has 6 heteroatoms. The molecule has 1 saturated heterocycles. The topological polar surface area (TPSA) is 89.9 Å². The van der Waals surface area contributed by atoms with E-state index in [4.69, 9.17) is 9.47 Å². The van der Waals surface area contributed by atoms with Crippen molar-refractivity contribution in [1.82, 2.24) is 0 Å². The summed E-state index contributed by atoms with van der Waals surface area (Å²) in [6, 6.07) is 0. The molecular weight excluding hydrogens is 480 g/mol. The Balaban J connectivity index is 1.56. The van der Waals surface area contributed by atoms with E-state index in [1.165, 1.54) is 5.57 Å². The normalized spacial score (nSPS) is 49.0. The van der Waals surface area contributed by atoms with Crippen LogP contribution >= 0.6 is 0 Å². The Bertz CT molecular complexity index is 1030. The van der Waals surface area contributed by atoms with E-state index in [1.54, 1.807) is 14.0 Å². The van der Waals surface area contributed by atoms with Crippen molar-refractivity contribution in [3.8, 4) is 0 Å². The fourth-order valence-electron chi connectivity index (χ4n) is 10.4. The van der Waals surface area contributed by atoms with Crippen LogP contribution in [-0.2, 0) is 23.9 Å². The van der Waals surface area contributed by atoms with Crippen LogP contribution in [0.15, 0.2) is 11.6 Å². The molecular formula is C32H48O6. The summed E-state index contributed by atoms with van der Waals surface area (Å²) in [4.78, 5) is 38.9. The number of methoxy groups -OCH3 is 1. The Kier molecular flexibility index (Phi) is 6.93. The molecule has 0 amide bonds. The first-order valence-electron chi connectivity index (χ1n) is 14.9. The van der Waals surface area contributed by atoms with Crippen molar-refractivity contribution in [2.24, 2.45) is 57.2 Å². The Morgan fingerprint density at radius 2 is 1.76 bits per heavy atom. The van der Waals surface area contributed by atoms with Crippen LogP contribution in [0.3, 0.4) is 0 Å². The number of carboxylic acids is 1. The highest BCUT2D eigenvalue weighted by Crippen LogP contribution is 2.70. The van der Waals surface area contributed by atoms with Crippen molar-refractivity contribution >= 4 is 17.7 Å². The molecule has 0 bridgehead atoms. The van der Waals surface area contributed by atoms with Crippen molar-refractivity contribution in [2.45, 2.75) is 92.4 Å². The number of carbonyl (C=O) groups excluding carboxylic acids is 2. The molecule has 10 atom stereocenters. The predicted molar refractivity (Wildman–Crippen MR) is 144 cm³/mol. The van der Waals surface area contributed by atoms with E-state index < -0.39 is 16.8 Å². The van der Waals surface area contributed by atoms with Gasteiger partial charge in [0.1, 0.15) is 6.61 Å². The molecule has 1 heterocycles. The van der Waals surface area contributed by atoms with Crippen molar-refractivity contribution < 1.29 is 29.0 Å². The standard InChI is InChI=1S/C32H48O6/c1-19-9-13-32(28(36)37-6)14-11-24-23(26(32)20(19)2)7-8-25-30(24,4)12-10-21-15-29(3,27(34)35)18-38-17-22(33)16-31(21,25)5/h7,19-21,24-26H,8-18H2,1-6H3,(H,34,35)/t19-,20+,21-,24-,25-,26+,29-,30+,31+,32+/m1/s1. The number of Topliss-reactive ketones (excluding diaryl/α,β-unsaturated/α-hetero) is 1. The highest BCUT2D eigenvalue weighted by Gasteiger charge is 2.64. The van der Waals surface area contributed by atoms with Gasteiger partial charge in [0.05, 0.1) is 24.5 Å². The first-order chi connectivity index (χ1) is 17.8. The Labute approximate surface area is 228 Å². The highest BCUT2D eigenvalue weighted by atomic mass is 16.5. The lowest BCUT2D eigenvalue weighted by atomic mass is 9.39. The van der Waals surface area contributed by atoms with E-state index in [9.17, 15) is 19.5 Å². The number of carbonyl (C=O) groups is 3. The van der Waals surface area contributed by atoms with Gasteiger partial charge < -0.3 is 14.6 Å². The van der Waals surface area contributed by atoms with Gasteiger partial charge in [-0.3, -0.25) is 14.4 Å². The Morgan fingerprint density at radius 1 is 1.05 bits per heavy atom. The molecule has 4 aliphatic carbocycles. The zero-order valence-electron chi connectivity index (χ0n) is 24.3. The van der Waals surface area contributed by atoms with Crippen LogP contribution in [0.25, 0.3) is 0 Å². The van der Waals surface area contributed by atoms with Crippen LogP contribution in [0.5, 0.6) is 0 Å². The van der Waals surface area contributed by atoms with Crippen LogP contribution in [-0.4, -0.2) is 43.2 Å².